The van der Waals surface area contributed by atoms with Crippen molar-refractivity contribution in [1.29, 1.82) is 0 Å². The Morgan fingerprint density at radius 1 is 1.11 bits per heavy atom. The highest BCUT2D eigenvalue weighted by atomic mass is 15.1. The van der Waals surface area contributed by atoms with Crippen LogP contribution in [0.3, 0.4) is 0 Å². The molecular formula is C15H33N3. The van der Waals surface area contributed by atoms with Crippen LogP contribution in [0.2, 0.25) is 0 Å². The van der Waals surface area contributed by atoms with Crippen molar-refractivity contribution in [3.63, 3.8) is 0 Å². The Kier molecular flexibility index (Phi) is 6.61. The predicted molar refractivity (Wildman–Crippen MR) is 79.8 cm³/mol. The lowest BCUT2D eigenvalue weighted by atomic mass is 9.70. The smallest absolute Gasteiger partial charge is 0.00470 e. The van der Waals surface area contributed by atoms with Crippen molar-refractivity contribution in [1.82, 2.24) is 9.80 Å². The van der Waals surface area contributed by atoms with Crippen molar-refractivity contribution < 1.29 is 0 Å². The van der Waals surface area contributed by atoms with Crippen molar-refractivity contribution in [2.75, 3.05) is 47.3 Å². The van der Waals surface area contributed by atoms with Crippen LogP contribution in [0.15, 0.2) is 0 Å². The van der Waals surface area contributed by atoms with E-state index in [4.69, 9.17) is 5.73 Å². The molecule has 0 aromatic rings. The first-order chi connectivity index (χ1) is 8.47. The molecule has 1 rings (SSSR count). The van der Waals surface area contributed by atoms with Gasteiger partial charge < -0.3 is 15.5 Å². The molecule has 0 bridgehead atoms. The molecule has 0 unspecified atom stereocenters. The van der Waals surface area contributed by atoms with Gasteiger partial charge in [0.2, 0.25) is 0 Å². The number of nitrogens with two attached hydrogens (primary N) is 1. The maximum absolute atomic E-state index is 6.07. The van der Waals surface area contributed by atoms with Gasteiger partial charge in [-0.05, 0) is 71.4 Å². The summed E-state index contributed by atoms with van der Waals surface area (Å²) in [6.45, 7) is 6.79. The van der Waals surface area contributed by atoms with E-state index in [1.165, 1.54) is 51.7 Å². The van der Waals surface area contributed by atoms with E-state index in [0.717, 1.165) is 12.5 Å². The maximum Gasteiger partial charge on any atom is 0.00470 e. The molecule has 0 saturated heterocycles. The Bertz CT molecular complexity index is 220. The highest BCUT2D eigenvalue weighted by Crippen LogP contribution is 2.38. The van der Waals surface area contributed by atoms with Crippen LogP contribution in [0.25, 0.3) is 0 Å². The van der Waals surface area contributed by atoms with E-state index in [1.807, 2.05) is 0 Å². The zero-order valence-corrected chi connectivity index (χ0v) is 12.9. The third-order valence-electron chi connectivity index (χ3n) is 4.52. The Balaban J connectivity index is 2.33. The first-order valence-electron chi connectivity index (χ1n) is 7.51. The van der Waals surface area contributed by atoms with Gasteiger partial charge in [0.05, 0.1) is 0 Å². The predicted octanol–water partition coefficient (Wildman–Crippen LogP) is 2.03. The molecule has 0 aliphatic heterocycles. The molecule has 1 fully saturated rings. The molecule has 0 aromatic carbocycles. The Morgan fingerprint density at radius 2 is 1.72 bits per heavy atom. The highest BCUT2D eigenvalue weighted by molar-refractivity contribution is 4.87. The average Bonchev–Trinajstić information content (AvgIpc) is 2.32. The molecule has 3 nitrogen and oxygen atoms in total. The second-order valence-electron chi connectivity index (χ2n) is 6.78. The first kappa shape index (κ1) is 15.9. The second kappa shape index (κ2) is 7.46. The minimum Gasteiger partial charge on any atom is -0.330 e. The van der Waals surface area contributed by atoms with Crippen molar-refractivity contribution >= 4 is 0 Å². The van der Waals surface area contributed by atoms with Gasteiger partial charge in [0, 0.05) is 6.54 Å². The van der Waals surface area contributed by atoms with E-state index in [1.54, 1.807) is 0 Å². The summed E-state index contributed by atoms with van der Waals surface area (Å²) >= 11 is 0. The van der Waals surface area contributed by atoms with Gasteiger partial charge in [-0.15, -0.1) is 0 Å². The molecule has 1 aliphatic carbocycles. The molecule has 1 saturated carbocycles. The SMILES string of the molecule is CC1CCC(CN)(CN(C)CCCN(C)C)CC1. The molecule has 0 amide bonds. The molecule has 0 heterocycles. The van der Waals surface area contributed by atoms with Gasteiger partial charge in [0.1, 0.15) is 0 Å². The van der Waals surface area contributed by atoms with Crippen molar-refractivity contribution in [2.45, 2.75) is 39.0 Å². The van der Waals surface area contributed by atoms with Crippen LogP contribution in [-0.2, 0) is 0 Å². The number of hydrogen-bond donors (Lipinski definition) is 1. The van der Waals surface area contributed by atoms with Crippen LogP contribution in [0.5, 0.6) is 0 Å². The Labute approximate surface area is 114 Å². The summed E-state index contributed by atoms with van der Waals surface area (Å²) in [5.41, 5.74) is 6.48. The van der Waals surface area contributed by atoms with E-state index in [-0.39, 0.29) is 0 Å². The standard InChI is InChI=1S/C15H33N3/c1-14-6-8-15(12-16,9-7-14)13-18(4)11-5-10-17(2)3/h14H,5-13,16H2,1-4H3. The van der Waals surface area contributed by atoms with Crippen LogP contribution in [0, 0.1) is 11.3 Å². The summed E-state index contributed by atoms with van der Waals surface area (Å²) in [5.74, 6) is 0.906. The van der Waals surface area contributed by atoms with Gasteiger partial charge >= 0.3 is 0 Å². The average molecular weight is 255 g/mol. The summed E-state index contributed by atoms with van der Waals surface area (Å²) < 4.78 is 0. The van der Waals surface area contributed by atoms with Crippen LogP contribution >= 0.6 is 0 Å². The second-order valence-corrected chi connectivity index (χ2v) is 6.78. The van der Waals surface area contributed by atoms with Crippen LogP contribution in [-0.4, -0.2) is 57.1 Å². The van der Waals surface area contributed by atoms with Gasteiger partial charge in [-0.25, -0.2) is 0 Å². The highest BCUT2D eigenvalue weighted by Gasteiger charge is 2.33. The topological polar surface area (TPSA) is 32.5 Å². The molecule has 0 radical (unpaired) electrons. The number of rotatable bonds is 7. The normalized spacial score (nSPS) is 29.2. The Morgan fingerprint density at radius 3 is 2.22 bits per heavy atom. The third kappa shape index (κ3) is 5.25. The zero-order valence-electron chi connectivity index (χ0n) is 12.9. The Hall–Kier alpha value is -0.120. The fourth-order valence-electron chi connectivity index (χ4n) is 3.11. The van der Waals surface area contributed by atoms with Gasteiger partial charge in [-0.1, -0.05) is 19.8 Å². The molecule has 2 N–H and O–H groups in total. The first-order valence-corrected chi connectivity index (χ1v) is 7.51. The molecule has 1 aliphatic rings. The summed E-state index contributed by atoms with van der Waals surface area (Å²) in [4.78, 5) is 4.75. The van der Waals surface area contributed by atoms with Crippen molar-refractivity contribution in [3.8, 4) is 0 Å². The molecule has 0 spiro atoms. The van der Waals surface area contributed by atoms with E-state index in [9.17, 15) is 0 Å². The maximum atomic E-state index is 6.07. The van der Waals surface area contributed by atoms with Gasteiger partial charge in [-0.2, -0.15) is 0 Å². The number of hydrogen-bond acceptors (Lipinski definition) is 3. The number of nitrogens with zero attached hydrogens (tertiary/aromatic N) is 2. The van der Waals surface area contributed by atoms with E-state index < -0.39 is 0 Å². The van der Waals surface area contributed by atoms with E-state index in [0.29, 0.717) is 5.41 Å². The summed E-state index contributed by atoms with van der Waals surface area (Å²) in [6, 6.07) is 0. The van der Waals surface area contributed by atoms with Crippen LogP contribution in [0.4, 0.5) is 0 Å². The quantitative estimate of drug-likeness (QED) is 0.755. The minimum atomic E-state index is 0.402. The van der Waals surface area contributed by atoms with Crippen LogP contribution in [0.1, 0.15) is 39.0 Å². The largest absolute Gasteiger partial charge is 0.330 e. The molecule has 108 valence electrons. The summed E-state index contributed by atoms with van der Waals surface area (Å²) in [5, 5.41) is 0. The van der Waals surface area contributed by atoms with Crippen molar-refractivity contribution in [3.05, 3.63) is 0 Å². The lowest BCUT2D eigenvalue weighted by Gasteiger charge is -2.41. The van der Waals surface area contributed by atoms with Gasteiger partial charge in [0.15, 0.2) is 0 Å². The summed E-state index contributed by atoms with van der Waals surface area (Å²) in [6.07, 6.45) is 6.62. The summed E-state index contributed by atoms with van der Waals surface area (Å²) in [7, 11) is 6.54. The van der Waals surface area contributed by atoms with Gasteiger partial charge in [-0.3, -0.25) is 0 Å². The lowest BCUT2D eigenvalue weighted by molar-refractivity contribution is 0.107. The third-order valence-corrected chi connectivity index (χ3v) is 4.52. The lowest BCUT2D eigenvalue weighted by Crippen LogP contribution is -2.44. The molecule has 0 aromatic heterocycles. The molecule has 18 heavy (non-hydrogen) atoms. The van der Waals surface area contributed by atoms with Crippen LogP contribution < -0.4 is 5.73 Å². The fraction of sp³-hybridized carbons (Fsp3) is 1.00. The van der Waals surface area contributed by atoms with Gasteiger partial charge in [0.25, 0.3) is 0 Å². The monoisotopic (exact) mass is 255 g/mol. The van der Waals surface area contributed by atoms with E-state index in [2.05, 4.69) is 37.9 Å². The molecule has 0 atom stereocenters. The van der Waals surface area contributed by atoms with E-state index >= 15 is 0 Å². The minimum absolute atomic E-state index is 0.402. The van der Waals surface area contributed by atoms with Crippen molar-refractivity contribution in [2.24, 2.45) is 17.1 Å². The zero-order chi connectivity index (χ0) is 13.6. The fourth-order valence-corrected chi connectivity index (χ4v) is 3.11. The molecular weight excluding hydrogens is 222 g/mol. The molecule has 3 heteroatoms.